The molecule has 0 aliphatic heterocycles. The van der Waals surface area contributed by atoms with Crippen molar-refractivity contribution in [2.75, 3.05) is 0 Å². The maximum absolute atomic E-state index is 3.50. The van der Waals surface area contributed by atoms with Crippen molar-refractivity contribution in [2.24, 2.45) is 0 Å². The van der Waals surface area contributed by atoms with Gasteiger partial charge in [0.2, 0.25) is 0 Å². The molecule has 0 fully saturated rings. The average molecular weight is 211 g/mol. The molecule has 11 heavy (non-hydrogen) atoms. The Balaban J connectivity index is 3.00. The van der Waals surface area contributed by atoms with Crippen molar-refractivity contribution in [2.45, 2.75) is 13.8 Å². The minimum atomic E-state index is 1.16. The van der Waals surface area contributed by atoms with Crippen LogP contribution in [0.25, 0.3) is 0 Å². The Hall–Kier alpha value is -0.560. The van der Waals surface area contributed by atoms with Crippen LogP contribution in [0.4, 0.5) is 0 Å². The zero-order chi connectivity index (χ0) is 8.27. The molecule has 1 rings (SSSR count). The molecular weight excluding hydrogens is 200 g/mol. The van der Waals surface area contributed by atoms with Gasteiger partial charge >= 0.3 is 0 Å². The van der Waals surface area contributed by atoms with Crippen LogP contribution >= 0.6 is 15.9 Å². The summed E-state index contributed by atoms with van der Waals surface area (Å²) in [6.45, 7) is 4.17. The zero-order valence-electron chi connectivity index (χ0n) is 6.76. The van der Waals surface area contributed by atoms with Gasteiger partial charge in [-0.05, 0) is 25.5 Å². The fraction of sp³-hybridized carbons (Fsp3) is 0.200. The van der Waals surface area contributed by atoms with Crippen molar-refractivity contribution in [3.63, 3.8) is 0 Å². The van der Waals surface area contributed by atoms with Crippen LogP contribution in [0.15, 0.2) is 46.0 Å². The first kappa shape index (κ1) is 8.54. The van der Waals surface area contributed by atoms with E-state index in [0.717, 1.165) is 4.48 Å². The third kappa shape index (κ3) is 2.51. The standard InChI is InChI=1S/C10H11Br/c1-8-5-3-4-6-9(2)10(11)7-8/h3-7H,1-2H3/b4-3-,5-3?,6-4?,8-5?,8-7?,9-6-,10-7?,10-9?. The fourth-order valence-corrected chi connectivity index (χ4v) is 1.34. The minimum absolute atomic E-state index is 1.16. The summed E-state index contributed by atoms with van der Waals surface area (Å²) in [6.07, 6.45) is 10.4. The Morgan fingerprint density at radius 2 is 1.73 bits per heavy atom. The molecule has 0 N–H and O–H groups in total. The lowest BCUT2D eigenvalue weighted by Crippen LogP contribution is -1.78. The maximum Gasteiger partial charge on any atom is 0.0207 e. The molecular formula is C10H11Br. The molecule has 0 nitrogen and oxygen atoms in total. The number of rotatable bonds is 0. The Labute approximate surface area is 76.1 Å². The second kappa shape index (κ2) is 3.72. The van der Waals surface area contributed by atoms with Crippen molar-refractivity contribution in [3.8, 4) is 0 Å². The summed E-state index contributed by atoms with van der Waals surface area (Å²) in [5, 5.41) is 0. The van der Waals surface area contributed by atoms with Gasteiger partial charge in [0.05, 0.1) is 0 Å². The highest BCUT2D eigenvalue weighted by molar-refractivity contribution is 9.12. The van der Waals surface area contributed by atoms with Crippen molar-refractivity contribution < 1.29 is 0 Å². The van der Waals surface area contributed by atoms with Gasteiger partial charge in [-0.15, -0.1) is 0 Å². The molecule has 0 atom stereocenters. The predicted octanol–water partition coefficient (Wildman–Crippen LogP) is 3.73. The highest BCUT2D eigenvalue weighted by atomic mass is 79.9. The molecule has 0 bridgehead atoms. The van der Waals surface area contributed by atoms with Crippen LogP contribution in [0.2, 0.25) is 0 Å². The maximum atomic E-state index is 3.50. The molecule has 0 saturated carbocycles. The van der Waals surface area contributed by atoms with Gasteiger partial charge in [0.25, 0.3) is 0 Å². The molecule has 58 valence electrons. The molecule has 1 heteroatoms. The van der Waals surface area contributed by atoms with Crippen molar-refractivity contribution in [1.82, 2.24) is 0 Å². The summed E-state index contributed by atoms with van der Waals surface area (Å²) >= 11 is 3.50. The van der Waals surface area contributed by atoms with Crippen LogP contribution in [0.1, 0.15) is 13.8 Å². The van der Waals surface area contributed by atoms with E-state index in [4.69, 9.17) is 0 Å². The highest BCUT2D eigenvalue weighted by Crippen LogP contribution is 2.20. The topological polar surface area (TPSA) is 0 Å². The van der Waals surface area contributed by atoms with Crippen molar-refractivity contribution >= 4 is 15.9 Å². The van der Waals surface area contributed by atoms with Gasteiger partial charge in [-0.1, -0.05) is 45.8 Å². The SMILES string of the molecule is CC1=C/C=C\C=C(\C)C(Br)=C1. The number of hydrogen-bond acceptors (Lipinski definition) is 0. The molecule has 0 aromatic heterocycles. The molecule has 0 aromatic carbocycles. The van der Waals surface area contributed by atoms with E-state index in [1.54, 1.807) is 0 Å². The van der Waals surface area contributed by atoms with E-state index in [-0.39, 0.29) is 0 Å². The largest absolute Gasteiger partial charge is 0.0620 e. The first-order valence-corrected chi connectivity index (χ1v) is 4.39. The Morgan fingerprint density at radius 3 is 2.45 bits per heavy atom. The Morgan fingerprint density at radius 1 is 1.09 bits per heavy atom. The quantitative estimate of drug-likeness (QED) is 0.572. The van der Waals surface area contributed by atoms with E-state index >= 15 is 0 Å². The lowest BCUT2D eigenvalue weighted by Gasteiger charge is -2.00. The van der Waals surface area contributed by atoms with Gasteiger partial charge in [-0.2, -0.15) is 0 Å². The Kier molecular flexibility index (Phi) is 2.89. The lowest BCUT2D eigenvalue weighted by molar-refractivity contribution is 1.44. The second-order valence-electron chi connectivity index (χ2n) is 2.64. The van der Waals surface area contributed by atoms with E-state index in [0.29, 0.717) is 0 Å². The van der Waals surface area contributed by atoms with Gasteiger partial charge in [0.1, 0.15) is 0 Å². The van der Waals surface area contributed by atoms with E-state index in [9.17, 15) is 0 Å². The molecule has 0 heterocycles. The number of hydrogen-bond donors (Lipinski definition) is 0. The summed E-state index contributed by atoms with van der Waals surface area (Å²) in [5.41, 5.74) is 2.52. The molecule has 0 spiro atoms. The normalized spacial score (nSPS) is 25.5. The monoisotopic (exact) mass is 210 g/mol. The fourth-order valence-electron chi connectivity index (χ4n) is 0.849. The van der Waals surface area contributed by atoms with Crippen molar-refractivity contribution in [1.29, 1.82) is 0 Å². The molecule has 1 aliphatic rings. The first-order valence-electron chi connectivity index (χ1n) is 3.59. The lowest BCUT2D eigenvalue weighted by atomic mass is 10.1. The van der Waals surface area contributed by atoms with Crippen molar-refractivity contribution in [3.05, 3.63) is 46.0 Å². The summed E-state index contributed by atoms with van der Waals surface area (Å²) in [6, 6.07) is 0. The summed E-state index contributed by atoms with van der Waals surface area (Å²) in [7, 11) is 0. The van der Waals surface area contributed by atoms with Crippen LogP contribution in [-0.2, 0) is 0 Å². The van der Waals surface area contributed by atoms with E-state index in [2.05, 4.69) is 54.1 Å². The predicted molar refractivity (Wildman–Crippen MR) is 53.7 cm³/mol. The molecule has 0 amide bonds. The molecule has 0 aromatic rings. The minimum Gasteiger partial charge on any atom is -0.0620 e. The number of allylic oxidation sites excluding steroid dienone is 8. The summed E-state index contributed by atoms with van der Waals surface area (Å²) < 4.78 is 1.16. The summed E-state index contributed by atoms with van der Waals surface area (Å²) in [4.78, 5) is 0. The van der Waals surface area contributed by atoms with Crippen LogP contribution in [0, 0.1) is 0 Å². The first-order chi connectivity index (χ1) is 5.20. The number of halogens is 1. The van der Waals surface area contributed by atoms with Gasteiger partial charge in [0, 0.05) is 4.48 Å². The van der Waals surface area contributed by atoms with E-state index in [1.807, 2.05) is 6.08 Å². The average Bonchev–Trinajstić information content (AvgIpc) is 1.95. The van der Waals surface area contributed by atoms with Crippen LogP contribution < -0.4 is 0 Å². The molecule has 1 aliphatic carbocycles. The molecule has 0 radical (unpaired) electrons. The molecule has 0 saturated heterocycles. The van der Waals surface area contributed by atoms with Gasteiger partial charge in [-0.25, -0.2) is 0 Å². The van der Waals surface area contributed by atoms with Crippen LogP contribution in [0.3, 0.4) is 0 Å². The smallest absolute Gasteiger partial charge is 0.0207 e. The zero-order valence-corrected chi connectivity index (χ0v) is 8.35. The van der Waals surface area contributed by atoms with Gasteiger partial charge in [-0.3, -0.25) is 0 Å². The van der Waals surface area contributed by atoms with Crippen LogP contribution in [-0.4, -0.2) is 0 Å². The van der Waals surface area contributed by atoms with E-state index < -0.39 is 0 Å². The van der Waals surface area contributed by atoms with Crippen LogP contribution in [0.5, 0.6) is 0 Å². The third-order valence-electron chi connectivity index (χ3n) is 1.55. The Bertz CT molecular complexity index is 265. The van der Waals surface area contributed by atoms with Gasteiger partial charge < -0.3 is 0 Å². The molecule has 0 unspecified atom stereocenters. The van der Waals surface area contributed by atoms with E-state index in [1.165, 1.54) is 11.1 Å². The third-order valence-corrected chi connectivity index (χ3v) is 2.40. The second-order valence-corrected chi connectivity index (χ2v) is 3.49. The van der Waals surface area contributed by atoms with Gasteiger partial charge in [0.15, 0.2) is 0 Å². The summed E-state index contributed by atoms with van der Waals surface area (Å²) in [5.74, 6) is 0. The highest BCUT2D eigenvalue weighted by Gasteiger charge is 1.94.